The van der Waals surface area contributed by atoms with E-state index in [2.05, 4.69) is 5.32 Å². The number of hydrogen-bond acceptors (Lipinski definition) is 3. The molecule has 2 atom stereocenters. The van der Waals surface area contributed by atoms with Gasteiger partial charge in [0.25, 0.3) is 0 Å². The Labute approximate surface area is 98.4 Å². The monoisotopic (exact) mass is 243 g/mol. The molecule has 0 bridgehead atoms. The average molecular weight is 243 g/mol. The molecule has 1 aromatic carbocycles. The number of nitrogens with one attached hydrogen (secondary N) is 1. The Kier molecular flexibility index (Phi) is 4.04. The summed E-state index contributed by atoms with van der Waals surface area (Å²) in [6, 6.07) is 3.50. The molecule has 0 saturated carbocycles. The number of halogens is 2. The Bertz CT molecular complexity index is 361. The van der Waals surface area contributed by atoms with Crippen LogP contribution in [-0.2, 0) is 4.74 Å². The number of benzene rings is 1. The lowest BCUT2D eigenvalue weighted by Gasteiger charge is -2.26. The lowest BCUT2D eigenvalue weighted by atomic mass is 10.0. The minimum atomic E-state index is -1.16. The maximum atomic E-state index is 13.4. The summed E-state index contributed by atoms with van der Waals surface area (Å²) in [5.74, 6) is -1.43. The van der Waals surface area contributed by atoms with Crippen molar-refractivity contribution in [2.24, 2.45) is 0 Å². The molecule has 1 heterocycles. The topological polar surface area (TPSA) is 41.5 Å². The molecule has 3 nitrogen and oxygen atoms in total. The molecule has 5 heteroatoms. The molecular formula is C12H15F2NO2. The Balaban J connectivity index is 2.05. The normalized spacial score (nSPS) is 22.4. The molecule has 0 aromatic heterocycles. The summed E-state index contributed by atoms with van der Waals surface area (Å²) in [4.78, 5) is 0. The van der Waals surface area contributed by atoms with Crippen molar-refractivity contribution in [3.8, 4) is 0 Å². The van der Waals surface area contributed by atoms with Crippen LogP contribution in [0.5, 0.6) is 0 Å². The highest BCUT2D eigenvalue weighted by atomic mass is 19.1. The first kappa shape index (κ1) is 12.4. The largest absolute Gasteiger partial charge is 0.388 e. The van der Waals surface area contributed by atoms with E-state index in [-0.39, 0.29) is 18.0 Å². The molecule has 0 aliphatic carbocycles. The van der Waals surface area contributed by atoms with Gasteiger partial charge in [-0.1, -0.05) is 6.07 Å². The molecule has 1 fully saturated rings. The van der Waals surface area contributed by atoms with Crippen molar-refractivity contribution >= 4 is 0 Å². The summed E-state index contributed by atoms with van der Waals surface area (Å²) in [6.07, 6.45) is -0.923. The second kappa shape index (κ2) is 5.53. The summed E-state index contributed by atoms with van der Waals surface area (Å²) in [6.45, 7) is 1.77. The molecule has 1 aliphatic heterocycles. The number of morpholine rings is 1. The quantitative estimate of drug-likeness (QED) is 0.842. The molecule has 1 aromatic rings. The zero-order valence-electron chi connectivity index (χ0n) is 9.33. The van der Waals surface area contributed by atoms with Crippen LogP contribution < -0.4 is 5.32 Å². The molecule has 0 radical (unpaired) electrons. The van der Waals surface area contributed by atoms with Crippen LogP contribution in [0.2, 0.25) is 0 Å². The van der Waals surface area contributed by atoms with Crippen LogP contribution >= 0.6 is 0 Å². The number of hydrogen-bond donors (Lipinski definition) is 2. The Morgan fingerprint density at radius 1 is 1.41 bits per heavy atom. The molecule has 2 N–H and O–H groups in total. The molecule has 1 saturated heterocycles. The highest BCUT2D eigenvalue weighted by Gasteiger charge is 2.23. The van der Waals surface area contributed by atoms with Crippen LogP contribution in [0.25, 0.3) is 0 Å². The summed E-state index contributed by atoms with van der Waals surface area (Å²) in [7, 11) is 0. The smallest absolute Gasteiger partial charge is 0.131 e. The second-order valence-electron chi connectivity index (χ2n) is 4.11. The molecular weight excluding hydrogens is 228 g/mol. The zero-order chi connectivity index (χ0) is 12.3. The molecule has 94 valence electrons. The van der Waals surface area contributed by atoms with Crippen molar-refractivity contribution in [3.05, 3.63) is 35.4 Å². The first-order valence-electron chi connectivity index (χ1n) is 5.61. The number of aliphatic hydroxyl groups excluding tert-OH is 1. The van der Waals surface area contributed by atoms with Gasteiger partial charge < -0.3 is 15.2 Å². The van der Waals surface area contributed by atoms with Gasteiger partial charge in [0.1, 0.15) is 11.6 Å². The van der Waals surface area contributed by atoms with E-state index < -0.39 is 17.7 Å². The van der Waals surface area contributed by atoms with E-state index in [1.807, 2.05) is 0 Å². The summed E-state index contributed by atoms with van der Waals surface area (Å²) in [5, 5.41) is 13.0. The SMILES string of the molecule is OC(CC1COCCN1)c1c(F)cccc1F. The highest BCUT2D eigenvalue weighted by Crippen LogP contribution is 2.24. The van der Waals surface area contributed by atoms with Crippen LogP contribution in [0, 0.1) is 11.6 Å². The third-order valence-corrected chi connectivity index (χ3v) is 2.84. The van der Waals surface area contributed by atoms with E-state index in [1.54, 1.807) is 0 Å². The van der Waals surface area contributed by atoms with Crippen LogP contribution in [0.3, 0.4) is 0 Å². The molecule has 1 aliphatic rings. The predicted molar refractivity (Wildman–Crippen MR) is 58.5 cm³/mol. The Morgan fingerprint density at radius 2 is 2.12 bits per heavy atom. The van der Waals surface area contributed by atoms with Crippen molar-refractivity contribution in [1.29, 1.82) is 0 Å². The molecule has 0 amide bonds. The van der Waals surface area contributed by atoms with Crippen LogP contribution in [-0.4, -0.2) is 30.9 Å². The lowest BCUT2D eigenvalue weighted by Crippen LogP contribution is -2.42. The molecule has 0 spiro atoms. The Hall–Kier alpha value is -1.04. The minimum Gasteiger partial charge on any atom is -0.388 e. The standard InChI is InChI=1S/C12H15F2NO2/c13-9-2-1-3-10(14)12(9)11(16)6-8-7-17-5-4-15-8/h1-3,8,11,15-16H,4-7H2. The van der Waals surface area contributed by atoms with Crippen molar-refractivity contribution in [3.63, 3.8) is 0 Å². The average Bonchev–Trinajstić information content (AvgIpc) is 2.30. The lowest BCUT2D eigenvalue weighted by molar-refractivity contribution is 0.0503. The fourth-order valence-corrected chi connectivity index (χ4v) is 1.99. The van der Waals surface area contributed by atoms with Crippen LogP contribution in [0.4, 0.5) is 8.78 Å². The van der Waals surface area contributed by atoms with E-state index >= 15 is 0 Å². The number of aliphatic hydroxyl groups is 1. The summed E-state index contributed by atoms with van der Waals surface area (Å²) >= 11 is 0. The zero-order valence-corrected chi connectivity index (χ0v) is 9.33. The van der Waals surface area contributed by atoms with Gasteiger partial charge in [-0.25, -0.2) is 8.78 Å². The third-order valence-electron chi connectivity index (χ3n) is 2.84. The molecule has 2 unspecified atom stereocenters. The van der Waals surface area contributed by atoms with Crippen LogP contribution in [0.15, 0.2) is 18.2 Å². The maximum absolute atomic E-state index is 13.4. The van der Waals surface area contributed by atoms with Gasteiger partial charge in [0.2, 0.25) is 0 Å². The van der Waals surface area contributed by atoms with E-state index in [1.165, 1.54) is 6.07 Å². The van der Waals surface area contributed by atoms with Gasteiger partial charge >= 0.3 is 0 Å². The highest BCUT2D eigenvalue weighted by molar-refractivity contribution is 5.22. The van der Waals surface area contributed by atoms with Gasteiger partial charge in [0.15, 0.2) is 0 Å². The summed E-state index contributed by atoms with van der Waals surface area (Å²) < 4.78 is 32.0. The van der Waals surface area contributed by atoms with E-state index in [0.29, 0.717) is 19.8 Å². The van der Waals surface area contributed by atoms with Gasteiger partial charge in [-0.2, -0.15) is 0 Å². The van der Waals surface area contributed by atoms with Gasteiger partial charge in [-0.15, -0.1) is 0 Å². The summed E-state index contributed by atoms with van der Waals surface area (Å²) in [5.41, 5.74) is -0.264. The maximum Gasteiger partial charge on any atom is 0.131 e. The van der Waals surface area contributed by atoms with Crippen molar-refractivity contribution in [2.75, 3.05) is 19.8 Å². The van der Waals surface area contributed by atoms with E-state index in [4.69, 9.17) is 4.74 Å². The number of rotatable bonds is 3. The van der Waals surface area contributed by atoms with Gasteiger partial charge in [0.05, 0.1) is 24.9 Å². The Morgan fingerprint density at radius 3 is 2.71 bits per heavy atom. The van der Waals surface area contributed by atoms with Gasteiger partial charge in [0, 0.05) is 12.6 Å². The van der Waals surface area contributed by atoms with Crippen LogP contribution in [0.1, 0.15) is 18.1 Å². The minimum absolute atomic E-state index is 0.0715. The van der Waals surface area contributed by atoms with E-state index in [9.17, 15) is 13.9 Å². The first-order valence-corrected chi connectivity index (χ1v) is 5.61. The van der Waals surface area contributed by atoms with Crippen molar-refractivity contribution < 1.29 is 18.6 Å². The molecule has 2 rings (SSSR count). The fraction of sp³-hybridized carbons (Fsp3) is 0.500. The van der Waals surface area contributed by atoms with Crippen molar-refractivity contribution in [1.82, 2.24) is 5.32 Å². The van der Waals surface area contributed by atoms with Gasteiger partial charge in [-0.3, -0.25) is 0 Å². The van der Waals surface area contributed by atoms with E-state index in [0.717, 1.165) is 12.1 Å². The fourth-order valence-electron chi connectivity index (χ4n) is 1.99. The first-order chi connectivity index (χ1) is 8.18. The van der Waals surface area contributed by atoms with Crippen molar-refractivity contribution in [2.45, 2.75) is 18.6 Å². The predicted octanol–water partition coefficient (Wildman–Crippen LogP) is 1.38. The second-order valence-corrected chi connectivity index (χ2v) is 4.11. The molecule has 17 heavy (non-hydrogen) atoms. The third kappa shape index (κ3) is 3.00. The van der Waals surface area contributed by atoms with Gasteiger partial charge in [-0.05, 0) is 18.6 Å². The number of ether oxygens (including phenoxy) is 1.